The van der Waals surface area contributed by atoms with E-state index in [-0.39, 0.29) is 0 Å². The Hall–Kier alpha value is -2.03. The molecule has 2 aromatic rings. The van der Waals surface area contributed by atoms with Crippen molar-refractivity contribution in [3.63, 3.8) is 0 Å². The lowest BCUT2D eigenvalue weighted by Gasteiger charge is -2.10. The molecule has 0 aliphatic rings. The first-order valence-corrected chi connectivity index (χ1v) is 6.15. The van der Waals surface area contributed by atoms with Crippen LogP contribution in [-0.4, -0.2) is 12.1 Å². The van der Waals surface area contributed by atoms with Crippen LogP contribution >= 0.6 is 0 Å². The number of pyridine rings is 1. The average Bonchev–Trinajstić information content (AvgIpc) is 2.45. The van der Waals surface area contributed by atoms with Gasteiger partial charge in [-0.25, -0.2) is 4.98 Å². The highest BCUT2D eigenvalue weighted by Gasteiger charge is 2.01. The van der Waals surface area contributed by atoms with E-state index < -0.39 is 0 Å². The van der Waals surface area contributed by atoms with Crippen molar-refractivity contribution in [3.05, 3.63) is 53.7 Å². The van der Waals surface area contributed by atoms with Gasteiger partial charge in [-0.2, -0.15) is 0 Å². The molecule has 0 spiro atoms. The highest BCUT2D eigenvalue weighted by atomic mass is 16.5. The Bertz CT molecular complexity index is 511. The summed E-state index contributed by atoms with van der Waals surface area (Å²) in [5.41, 5.74) is 3.46. The van der Waals surface area contributed by atoms with Crippen LogP contribution in [0.2, 0.25) is 0 Å². The summed E-state index contributed by atoms with van der Waals surface area (Å²) in [4.78, 5) is 4.38. The van der Waals surface area contributed by atoms with Gasteiger partial charge in [-0.05, 0) is 24.1 Å². The lowest BCUT2D eigenvalue weighted by Crippen LogP contribution is -2.04. The van der Waals surface area contributed by atoms with Crippen LogP contribution in [0.1, 0.15) is 18.2 Å². The van der Waals surface area contributed by atoms with E-state index in [1.54, 1.807) is 7.11 Å². The molecule has 2 rings (SSSR count). The second kappa shape index (κ2) is 6.05. The van der Waals surface area contributed by atoms with Crippen LogP contribution in [0.15, 0.2) is 42.5 Å². The van der Waals surface area contributed by atoms with E-state index in [2.05, 4.69) is 35.4 Å². The van der Waals surface area contributed by atoms with E-state index >= 15 is 0 Å². The van der Waals surface area contributed by atoms with Gasteiger partial charge in [-0.15, -0.1) is 0 Å². The van der Waals surface area contributed by atoms with Crippen molar-refractivity contribution in [1.29, 1.82) is 0 Å². The third-order valence-corrected chi connectivity index (χ3v) is 2.85. The van der Waals surface area contributed by atoms with Gasteiger partial charge in [0.2, 0.25) is 5.88 Å². The number of para-hydroxylation sites is 1. The molecule has 0 saturated carbocycles. The molecule has 0 amide bonds. The number of rotatable bonds is 5. The summed E-state index contributed by atoms with van der Waals surface area (Å²) in [7, 11) is 1.63. The van der Waals surface area contributed by atoms with E-state index in [4.69, 9.17) is 4.74 Å². The molecule has 1 heterocycles. The number of hydrogen-bond donors (Lipinski definition) is 1. The van der Waals surface area contributed by atoms with Gasteiger partial charge in [-0.1, -0.05) is 31.2 Å². The Labute approximate surface area is 108 Å². The van der Waals surface area contributed by atoms with E-state index in [1.807, 2.05) is 24.3 Å². The second-order valence-electron chi connectivity index (χ2n) is 4.04. The number of hydrogen-bond acceptors (Lipinski definition) is 3. The number of aryl methyl sites for hydroxylation is 1. The fraction of sp³-hybridized carbons (Fsp3) is 0.267. The summed E-state index contributed by atoms with van der Waals surface area (Å²) >= 11 is 0. The largest absolute Gasteiger partial charge is 0.481 e. The van der Waals surface area contributed by atoms with Crippen molar-refractivity contribution in [2.75, 3.05) is 12.4 Å². The fourth-order valence-corrected chi connectivity index (χ4v) is 1.86. The first-order chi connectivity index (χ1) is 8.83. The number of aromatic nitrogens is 1. The Morgan fingerprint density at radius 1 is 1.11 bits per heavy atom. The summed E-state index contributed by atoms with van der Waals surface area (Å²) in [5, 5.41) is 3.41. The Balaban J connectivity index is 2.06. The number of ether oxygens (including phenoxy) is 1. The minimum absolute atomic E-state index is 0.651. The molecule has 3 nitrogen and oxygen atoms in total. The van der Waals surface area contributed by atoms with Crippen LogP contribution in [0.4, 0.5) is 5.69 Å². The number of anilines is 1. The number of nitrogens with one attached hydrogen (secondary N) is 1. The molecule has 0 bridgehead atoms. The summed E-state index contributed by atoms with van der Waals surface area (Å²) in [6.45, 7) is 2.86. The zero-order valence-electron chi connectivity index (χ0n) is 10.8. The normalized spacial score (nSPS) is 10.1. The van der Waals surface area contributed by atoms with E-state index in [1.165, 1.54) is 11.3 Å². The van der Waals surface area contributed by atoms with Crippen LogP contribution in [0.25, 0.3) is 0 Å². The Kier molecular flexibility index (Phi) is 4.18. The molecular formula is C15H18N2O. The van der Waals surface area contributed by atoms with Crippen molar-refractivity contribution >= 4 is 5.69 Å². The van der Waals surface area contributed by atoms with Crippen LogP contribution < -0.4 is 10.1 Å². The molecule has 0 unspecified atom stereocenters. The third-order valence-electron chi connectivity index (χ3n) is 2.85. The smallest absolute Gasteiger partial charge is 0.213 e. The van der Waals surface area contributed by atoms with E-state index in [0.717, 1.165) is 12.1 Å². The number of methoxy groups -OCH3 is 1. The molecule has 0 saturated heterocycles. The van der Waals surface area contributed by atoms with Crippen molar-refractivity contribution in [3.8, 4) is 5.88 Å². The molecule has 0 aliphatic heterocycles. The maximum Gasteiger partial charge on any atom is 0.213 e. The fourth-order valence-electron chi connectivity index (χ4n) is 1.86. The molecule has 3 heteroatoms. The van der Waals surface area contributed by atoms with E-state index in [9.17, 15) is 0 Å². The molecule has 1 N–H and O–H groups in total. The molecule has 0 aliphatic carbocycles. The Morgan fingerprint density at radius 3 is 2.72 bits per heavy atom. The second-order valence-corrected chi connectivity index (χ2v) is 4.04. The molecule has 1 aromatic carbocycles. The molecular weight excluding hydrogens is 224 g/mol. The van der Waals surface area contributed by atoms with Crippen LogP contribution in [-0.2, 0) is 13.0 Å². The van der Waals surface area contributed by atoms with Gasteiger partial charge in [-0.3, -0.25) is 0 Å². The van der Waals surface area contributed by atoms with Gasteiger partial charge >= 0.3 is 0 Å². The maximum atomic E-state index is 5.11. The molecule has 0 radical (unpaired) electrons. The monoisotopic (exact) mass is 242 g/mol. The lowest BCUT2D eigenvalue weighted by molar-refractivity contribution is 0.396. The average molecular weight is 242 g/mol. The molecule has 18 heavy (non-hydrogen) atoms. The highest BCUT2D eigenvalue weighted by molar-refractivity contribution is 5.51. The summed E-state index contributed by atoms with van der Waals surface area (Å²) in [6.07, 6.45) is 1.02. The quantitative estimate of drug-likeness (QED) is 0.873. The van der Waals surface area contributed by atoms with Crippen LogP contribution in [0.3, 0.4) is 0 Å². The minimum atomic E-state index is 0.651. The van der Waals surface area contributed by atoms with Gasteiger partial charge in [0, 0.05) is 11.8 Å². The standard InChI is InChI=1S/C15H18N2O/c1-3-12-7-4-5-9-14(12)16-11-13-8-6-10-15(17-13)18-2/h4-10,16H,3,11H2,1-2H3. The Morgan fingerprint density at radius 2 is 1.94 bits per heavy atom. The molecule has 1 aromatic heterocycles. The van der Waals surface area contributed by atoms with Crippen molar-refractivity contribution in [2.45, 2.75) is 19.9 Å². The van der Waals surface area contributed by atoms with Gasteiger partial charge in [0.1, 0.15) is 0 Å². The van der Waals surface area contributed by atoms with Gasteiger partial charge < -0.3 is 10.1 Å². The van der Waals surface area contributed by atoms with Crippen LogP contribution in [0.5, 0.6) is 5.88 Å². The minimum Gasteiger partial charge on any atom is -0.481 e. The highest BCUT2D eigenvalue weighted by Crippen LogP contribution is 2.16. The predicted octanol–water partition coefficient (Wildman–Crippen LogP) is 3.26. The predicted molar refractivity (Wildman–Crippen MR) is 73.9 cm³/mol. The summed E-state index contributed by atoms with van der Waals surface area (Å²) in [6, 6.07) is 14.1. The third kappa shape index (κ3) is 3.00. The first kappa shape index (κ1) is 12.4. The molecule has 94 valence electrons. The van der Waals surface area contributed by atoms with E-state index in [0.29, 0.717) is 12.4 Å². The van der Waals surface area contributed by atoms with Gasteiger partial charge in [0.25, 0.3) is 0 Å². The topological polar surface area (TPSA) is 34.1 Å². The maximum absolute atomic E-state index is 5.11. The molecule has 0 fully saturated rings. The zero-order chi connectivity index (χ0) is 12.8. The lowest BCUT2D eigenvalue weighted by atomic mass is 10.1. The zero-order valence-corrected chi connectivity index (χ0v) is 10.8. The summed E-state index contributed by atoms with van der Waals surface area (Å²) in [5.74, 6) is 0.651. The van der Waals surface area contributed by atoms with Crippen molar-refractivity contribution in [1.82, 2.24) is 4.98 Å². The van der Waals surface area contributed by atoms with Crippen molar-refractivity contribution < 1.29 is 4.74 Å². The van der Waals surface area contributed by atoms with Gasteiger partial charge in [0.15, 0.2) is 0 Å². The van der Waals surface area contributed by atoms with Crippen molar-refractivity contribution in [2.24, 2.45) is 0 Å². The van der Waals surface area contributed by atoms with Gasteiger partial charge in [0.05, 0.1) is 19.3 Å². The van der Waals surface area contributed by atoms with Crippen LogP contribution in [0, 0.1) is 0 Å². The molecule has 0 atom stereocenters. The SMILES string of the molecule is CCc1ccccc1NCc1cccc(OC)n1. The first-order valence-electron chi connectivity index (χ1n) is 6.15. The number of nitrogens with zero attached hydrogens (tertiary/aromatic N) is 1. The summed E-state index contributed by atoms with van der Waals surface area (Å²) < 4.78 is 5.11. The number of benzene rings is 1.